The fourth-order valence-corrected chi connectivity index (χ4v) is 5.41. The average Bonchev–Trinajstić information content (AvgIpc) is 3.12. The third-order valence-corrected chi connectivity index (χ3v) is 7.24. The Hall–Kier alpha value is -1.42. The molecule has 3 heterocycles. The van der Waals surface area contributed by atoms with Crippen LogP contribution >= 0.6 is 22.9 Å². The van der Waals surface area contributed by atoms with Crippen LogP contribution in [0.25, 0.3) is 0 Å². The molecule has 0 aliphatic carbocycles. The number of sulfonamides is 1. The Morgan fingerprint density at radius 2 is 1.92 bits per heavy atom. The van der Waals surface area contributed by atoms with Gasteiger partial charge in [0.2, 0.25) is 10.0 Å². The topological polar surface area (TPSA) is 83.7 Å². The van der Waals surface area contributed by atoms with Crippen LogP contribution < -0.4 is 0 Å². The van der Waals surface area contributed by atoms with Crippen LogP contribution in [0.1, 0.15) is 21.1 Å². The van der Waals surface area contributed by atoms with Crippen molar-refractivity contribution in [2.75, 3.05) is 26.2 Å². The predicted molar refractivity (Wildman–Crippen MR) is 90.0 cm³/mol. The van der Waals surface area contributed by atoms with Crippen LogP contribution in [0, 0.1) is 13.8 Å². The summed E-state index contributed by atoms with van der Waals surface area (Å²) in [6.07, 6.45) is 0. The SMILES string of the molecule is Cc1noc(C)c1S(=O)(=O)N1CCN(C(=O)c2ccc(Cl)s2)CC1. The van der Waals surface area contributed by atoms with Crippen molar-refractivity contribution in [3.63, 3.8) is 0 Å². The van der Waals surface area contributed by atoms with Gasteiger partial charge in [0.25, 0.3) is 5.91 Å². The van der Waals surface area contributed by atoms with Crippen LogP contribution in [0.3, 0.4) is 0 Å². The number of piperazine rings is 1. The molecule has 0 bridgehead atoms. The zero-order valence-electron chi connectivity index (χ0n) is 13.2. The summed E-state index contributed by atoms with van der Waals surface area (Å²) in [7, 11) is -3.67. The number of hydrogen-bond donors (Lipinski definition) is 0. The van der Waals surface area contributed by atoms with Gasteiger partial charge in [-0.3, -0.25) is 4.79 Å². The molecule has 1 saturated heterocycles. The second kappa shape index (κ2) is 6.47. The van der Waals surface area contributed by atoms with E-state index in [0.717, 1.165) is 0 Å². The molecule has 1 amide bonds. The molecule has 3 rings (SSSR count). The van der Waals surface area contributed by atoms with Crippen LogP contribution in [-0.2, 0) is 10.0 Å². The van der Waals surface area contributed by atoms with E-state index in [9.17, 15) is 13.2 Å². The molecular weight excluding hydrogens is 374 g/mol. The second-order valence-corrected chi connectivity index (χ2v) is 9.04. The molecule has 1 aliphatic heterocycles. The van der Waals surface area contributed by atoms with Crippen LogP contribution in [0.4, 0.5) is 0 Å². The third-order valence-electron chi connectivity index (χ3n) is 3.88. The van der Waals surface area contributed by atoms with Gasteiger partial charge in [-0.1, -0.05) is 16.8 Å². The Labute approximate surface area is 148 Å². The molecule has 0 N–H and O–H groups in total. The molecule has 1 aliphatic rings. The monoisotopic (exact) mass is 389 g/mol. The molecule has 2 aromatic rings. The average molecular weight is 390 g/mol. The summed E-state index contributed by atoms with van der Waals surface area (Å²) in [5, 5.41) is 3.71. The smallest absolute Gasteiger partial charge is 0.264 e. The number of halogens is 1. The van der Waals surface area contributed by atoms with Crippen molar-refractivity contribution in [3.8, 4) is 0 Å². The molecule has 10 heteroatoms. The number of carbonyl (C=O) groups excluding carboxylic acids is 1. The number of hydrogen-bond acceptors (Lipinski definition) is 6. The van der Waals surface area contributed by atoms with Crippen LogP contribution in [0.2, 0.25) is 4.34 Å². The fourth-order valence-electron chi connectivity index (χ4n) is 2.69. The lowest BCUT2D eigenvalue weighted by Crippen LogP contribution is -2.50. The Balaban J connectivity index is 1.72. The van der Waals surface area contributed by atoms with E-state index in [2.05, 4.69) is 5.16 Å². The quantitative estimate of drug-likeness (QED) is 0.803. The minimum atomic E-state index is -3.67. The molecule has 0 radical (unpaired) electrons. The lowest BCUT2D eigenvalue weighted by atomic mass is 10.3. The number of thiophene rings is 1. The van der Waals surface area contributed by atoms with Gasteiger partial charge < -0.3 is 9.42 Å². The molecule has 0 aromatic carbocycles. The van der Waals surface area contributed by atoms with Gasteiger partial charge in [0.05, 0.1) is 9.21 Å². The summed E-state index contributed by atoms with van der Waals surface area (Å²) < 4.78 is 32.4. The summed E-state index contributed by atoms with van der Waals surface area (Å²) in [6, 6.07) is 3.36. The maximum Gasteiger partial charge on any atom is 0.264 e. The van der Waals surface area contributed by atoms with Crippen molar-refractivity contribution in [2.45, 2.75) is 18.7 Å². The van der Waals surface area contributed by atoms with Crippen molar-refractivity contribution in [2.24, 2.45) is 0 Å². The maximum absolute atomic E-state index is 12.7. The zero-order chi connectivity index (χ0) is 17.5. The number of amides is 1. The van der Waals surface area contributed by atoms with E-state index in [4.69, 9.17) is 16.1 Å². The largest absolute Gasteiger partial charge is 0.360 e. The number of carbonyl (C=O) groups is 1. The molecule has 1 fully saturated rings. The molecular formula is C14H16ClN3O4S2. The molecule has 0 atom stereocenters. The first-order valence-corrected chi connectivity index (χ1v) is 9.92. The molecule has 24 heavy (non-hydrogen) atoms. The lowest BCUT2D eigenvalue weighted by Gasteiger charge is -2.33. The van der Waals surface area contributed by atoms with Gasteiger partial charge in [-0.25, -0.2) is 8.42 Å². The molecule has 7 nitrogen and oxygen atoms in total. The Morgan fingerprint density at radius 1 is 1.25 bits per heavy atom. The number of rotatable bonds is 3. The first-order valence-electron chi connectivity index (χ1n) is 7.28. The van der Waals surface area contributed by atoms with E-state index in [1.807, 2.05) is 0 Å². The highest BCUT2D eigenvalue weighted by Gasteiger charge is 2.34. The van der Waals surface area contributed by atoms with E-state index in [0.29, 0.717) is 28.0 Å². The highest BCUT2D eigenvalue weighted by Crippen LogP contribution is 2.26. The first kappa shape index (κ1) is 17.4. The summed E-state index contributed by atoms with van der Waals surface area (Å²) >= 11 is 7.08. The van der Waals surface area contributed by atoms with Crippen molar-refractivity contribution in [3.05, 3.63) is 32.8 Å². The van der Waals surface area contributed by atoms with Crippen molar-refractivity contribution in [1.82, 2.24) is 14.4 Å². The molecule has 2 aromatic heterocycles. The standard InChI is InChI=1S/C14H16ClN3O4S2/c1-9-13(10(2)22-16-9)24(20,21)18-7-5-17(6-8-18)14(19)11-3-4-12(15)23-11/h3-4H,5-8H2,1-2H3. The summed E-state index contributed by atoms with van der Waals surface area (Å²) in [4.78, 5) is 14.7. The van der Waals surface area contributed by atoms with Gasteiger partial charge in [-0.2, -0.15) is 4.31 Å². The summed E-state index contributed by atoms with van der Waals surface area (Å²) in [5.41, 5.74) is 0.347. The highest BCUT2D eigenvalue weighted by molar-refractivity contribution is 7.89. The van der Waals surface area contributed by atoms with Gasteiger partial charge in [0, 0.05) is 26.2 Å². The number of aromatic nitrogens is 1. The number of nitrogens with zero attached hydrogens (tertiary/aromatic N) is 3. The second-order valence-electron chi connectivity index (χ2n) is 5.45. The van der Waals surface area contributed by atoms with Gasteiger partial charge >= 0.3 is 0 Å². The van der Waals surface area contributed by atoms with Crippen molar-refractivity contribution in [1.29, 1.82) is 0 Å². The molecule has 0 unspecified atom stereocenters. The number of aryl methyl sites for hydroxylation is 2. The van der Waals surface area contributed by atoms with E-state index in [1.165, 1.54) is 15.6 Å². The lowest BCUT2D eigenvalue weighted by molar-refractivity contribution is 0.0702. The molecule has 130 valence electrons. The van der Waals surface area contributed by atoms with Gasteiger partial charge in [-0.15, -0.1) is 11.3 Å². The Bertz CT molecular complexity index is 847. The van der Waals surface area contributed by atoms with Crippen molar-refractivity contribution < 1.29 is 17.7 Å². The summed E-state index contributed by atoms with van der Waals surface area (Å²) in [5.74, 6) is 0.153. The third kappa shape index (κ3) is 3.08. The minimum Gasteiger partial charge on any atom is -0.360 e. The Kier molecular flexibility index (Phi) is 4.69. The van der Waals surface area contributed by atoms with Crippen LogP contribution in [0.15, 0.2) is 21.6 Å². The van der Waals surface area contributed by atoms with Crippen LogP contribution in [-0.4, -0.2) is 54.9 Å². The first-order chi connectivity index (χ1) is 11.3. The van der Waals surface area contributed by atoms with Crippen molar-refractivity contribution >= 4 is 38.9 Å². The predicted octanol–water partition coefficient (Wildman–Crippen LogP) is 2.15. The zero-order valence-corrected chi connectivity index (χ0v) is 15.5. The summed E-state index contributed by atoms with van der Waals surface area (Å²) in [6.45, 7) is 4.30. The minimum absolute atomic E-state index is 0.118. The van der Waals surface area contributed by atoms with Gasteiger partial charge in [0.15, 0.2) is 5.76 Å². The maximum atomic E-state index is 12.7. The van der Waals surface area contributed by atoms with E-state index in [-0.39, 0.29) is 29.7 Å². The van der Waals surface area contributed by atoms with Crippen LogP contribution in [0.5, 0.6) is 0 Å². The Morgan fingerprint density at radius 3 is 2.42 bits per heavy atom. The molecule has 0 saturated carbocycles. The van der Waals surface area contributed by atoms with E-state index < -0.39 is 10.0 Å². The van der Waals surface area contributed by atoms with E-state index >= 15 is 0 Å². The highest BCUT2D eigenvalue weighted by atomic mass is 35.5. The normalized spacial score (nSPS) is 16.5. The molecule has 0 spiro atoms. The fraction of sp³-hybridized carbons (Fsp3) is 0.429. The van der Waals surface area contributed by atoms with E-state index in [1.54, 1.807) is 30.9 Å². The van der Waals surface area contributed by atoms with Gasteiger partial charge in [-0.05, 0) is 26.0 Å². The van der Waals surface area contributed by atoms with Gasteiger partial charge in [0.1, 0.15) is 10.6 Å².